The molecule has 0 bridgehead atoms. The summed E-state index contributed by atoms with van der Waals surface area (Å²) < 4.78 is 38.6. The Morgan fingerprint density at radius 3 is 2.00 bits per heavy atom. The van der Waals surface area contributed by atoms with Gasteiger partial charge >= 0.3 is 0 Å². The summed E-state index contributed by atoms with van der Waals surface area (Å²) in [6.07, 6.45) is -16.2. The molecule has 17 nitrogen and oxygen atoms in total. The quantitative estimate of drug-likeness (QED) is 0.135. The Balaban J connectivity index is 1.52. The fraction of sp³-hybridized carbons (Fsp3) is 0.483. The van der Waals surface area contributed by atoms with Gasteiger partial charge in [-0.2, -0.15) is 0 Å². The summed E-state index contributed by atoms with van der Waals surface area (Å²) in [7, 11) is 2.51. The average molecular weight is 655 g/mol. The molecule has 0 radical (unpaired) electrons. The van der Waals surface area contributed by atoms with Crippen molar-refractivity contribution in [2.75, 3.05) is 20.8 Å². The maximum absolute atomic E-state index is 13.8. The molecule has 10 atom stereocenters. The van der Waals surface area contributed by atoms with E-state index < -0.39 is 96.1 Å². The van der Waals surface area contributed by atoms with Gasteiger partial charge in [0.1, 0.15) is 65.2 Å². The van der Waals surface area contributed by atoms with E-state index in [9.17, 15) is 50.8 Å². The Kier molecular flexibility index (Phi) is 9.50. The lowest BCUT2D eigenvalue weighted by molar-refractivity contribution is -0.318. The van der Waals surface area contributed by atoms with Gasteiger partial charge in [-0.1, -0.05) is 0 Å². The van der Waals surface area contributed by atoms with E-state index in [1.807, 2.05) is 0 Å². The summed E-state index contributed by atoms with van der Waals surface area (Å²) in [5.41, 5.74) is -1.27. The van der Waals surface area contributed by atoms with Crippen LogP contribution < -0.4 is 19.6 Å². The highest BCUT2D eigenvalue weighted by atomic mass is 16.7. The van der Waals surface area contributed by atoms with Crippen LogP contribution in [0.2, 0.25) is 0 Å². The maximum atomic E-state index is 13.8. The number of benzene rings is 2. The minimum Gasteiger partial charge on any atom is -0.508 e. The summed E-state index contributed by atoms with van der Waals surface area (Å²) in [6.45, 7) is 0.824. The van der Waals surface area contributed by atoms with Crippen molar-refractivity contribution in [1.82, 2.24) is 0 Å². The second-order valence-electron chi connectivity index (χ2n) is 10.8. The van der Waals surface area contributed by atoms with Crippen molar-refractivity contribution in [1.29, 1.82) is 0 Å². The van der Waals surface area contributed by atoms with Crippen molar-refractivity contribution in [3.63, 3.8) is 0 Å². The highest BCUT2D eigenvalue weighted by Gasteiger charge is 2.48. The molecular weight excluding hydrogens is 620 g/mol. The maximum Gasteiger partial charge on any atom is 0.239 e. The zero-order chi connectivity index (χ0) is 33.6. The summed E-state index contributed by atoms with van der Waals surface area (Å²) in [4.78, 5) is 13.8. The predicted octanol–water partition coefficient (Wildman–Crippen LogP) is -1.38. The molecule has 2 aliphatic heterocycles. The first-order valence-corrected chi connectivity index (χ1v) is 13.9. The first kappa shape index (κ1) is 33.5. The van der Waals surface area contributed by atoms with E-state index >= 15 is 0 Å². The Morgan fingerprint density at radius 1 is 0.761 bits per heavy atom. The lowest BCUT2D eigenvalue weighted by atomic mass is 9.98. The molecule has 0 saturated carbocycles. The highest BCUT2D eigenvalue weighted by molar-refractivity contribution is 5.88. The number of methoxy groups -OCH3 is 2. The third-order valence-electron chi connectivity index (χ3n) is 7.80. The molecule has 3 heterocycles. The van der Waals surface area contributed by atoms with E-state index in [-0.39, 0.29) is 34.2 Å². The lowest BCUT2D eigenvalue weighted by Gasteiger charge is -2.42. The second-order valence-corrected chi connectivity index (χ2v) is 10.8. The van der Waals surface area contributed by atoms with Crippen molar-refractivity contribution < 1.29 is 78.8 Å². The molecule has 3 aromatic rings. The van der Waals surface area contributed by atoms with Crippen LogP contribution in [-0.2, 0) is 14.2 Å². The second kappa shape index (κ2) is 13.1. The molecule has 2 saturated heterocycles. The molecule has 2 fully saturated rings. The van der Waals surface area contributed by atoms with Crippen molar-refractivity contribution in [2.24, 2.45) is 0 Å². The van der Waals surface area contributed by atoms with Crippen LogP contribution in [-0.4, -0.2) is 128 Å². The molecule has 0 spiro atoms. The number of rotatable bonds is 8. The number of aliphatic hydroxyl groups is 6. The van der Waals surface area contributed by atoms with Crippen LogP contribution in [0.3, 0.4) is 0 Å². The summed E-state index contributed by atoms with van der Waals surface area (Å²) in [5, 5.41) is 92.7. The van der Waals surface area contributed by atoms with Gasteiger partial charge in [-0.15, -0.1) is 0 Å². The van der Waals surface area contributed by atoms with Gasteiger partial charge < -0.3 is 78.8 Å². The molecule has 46 heavy (non-hydrogen) atoms. The van der Waals surface area contributed by atoms with Gasteiger partial charge in [-0.3, -0.25) is 4.79 Å². The largest absolute Gasteiger partial charge is 0.508 e. The van der Waals surface area contributed by atoms with Crippen LogP contribution in [0, 0.1) is 0 Å². The number of ether oxygens (including phenoxy) is 6. The van der Waals surface area contributed by atoms with Crippen molar-refractivity contribution in [2.45, 2.75) is 68.3 Å². The summed E-state index contributed by atoms with van der Waals surface area (Å²) in [6, 6.07) is 4.45. The number of hydrogen-bond acceptors (Lipinski definition) is 17. The number of aliphatic hydroxyl groups excluding tert-OH is 6. The predicted molar refractivity (Wildman–Crippen MR) is 152 cm³/mol. The fourth-order valence-corrected chi connectivity index (χ4v) is 5.20. The monoisotopic (exact) mass is 654 g/mol. The third-order valence-corrected chi connectivity index (χ3v) is 7.80. The smallest absolute Gasteiger partial charge is 0.239 e. The van der Waals surface area contributed by atoms with E-state index in [1.165, 1.54) is 33.3 Å². The standard InChI is InChI=1S/C29H34O17/c1-9-18(32)22(36)24(38)28(43-9)42-8-16-20(34)23(37)25(39)29(45-16)46-27-21(35)17-12(31)6-11(30)7-13(17)44-26(27)10-4-14(40-2)19(33)15(5-10)41-3/h4-7,9,16,18,20,22-25,28-34,36-39H,8H2,1-3H3/t9-,16+,18-,20+,22+,23-,24+,25+,28+,29-/m1/s1. The first-order valence-electron chi connectivity index (χ1n) is 13.9. The third kappa shape index (κ3) is 5.99. The van der Waals surface area contributed by atoms with Gasteiger partial charge in [-0.05, 0) is 19.1 Å². The van der Waals surface area contributed by atoms with Gasteiger partial charge in [0.25, 0.3) is 0 Å². The Morgan fingerprint density at radius 2 is 1.37 bits per heavy atom. The zero-order valence-corrected chi connectivity index (χ0v) is 24.6. The van der Waals surface area contributed by atoms with Crippen molar-refractivity contribution in [3.8, 4) is 45.8 Å². The molecule has 0 unspecified atom stereocenters. The van der Waals surface area contributed by atoms with Crippen molar-refractivity contribution in [3.05, 3.63) is 34.5 Å². The number of phenolic OH excluding ortho intramolecular Hbond substituents is 3. The van der Waals surface area contributed by atoms with Gasteiger partial charge in [0.2, 0.25) is 23.2 Å². The molecule has 1 aromatic heterocycles. The SMILES string of the molecule is COc1cc(-c2oc3cc(O)cc(O)c3c(=O)c2O[C@H]2O[C@@H](CO[C@H]3O[C@H](C)[C@@H](O)[C@H](O)[C@@H]3O)[C@H](O)[C@@H](O)[C@@H]2O)cc(OC)c1O. The molecule has 2 aliphatic rings. The van der Waals surface area contributed by atoms with Gasteiger partial charge in [0.05, 0.1) is 26.9 Å². The van der Waals surface area contributed by atoms with E-state index in [1.54, 1.807) is 0 Å². The van der Waals surface area contributed by atoms with E-state index in [4.69, 9.17) is 32.8 Å². The summed E-state index contributed by atoms with van der Waals surface area (Å²) >= 11 is 0. The molecule has 17 heteroatoms. The fourth-order valence-electron chi connectivity index (χ4n) is 5.20. The van der Waals surface area contributed by atoms with E-state index in [2.05, 4.69) is 0 Å². The van der Waals surface area contributed by atoms with Gasteiger partial charge in [0.15, 0.2) is 23.5 Å². The Labute approximate surface area is 259 Å². The number of fused-ring (bicyclic) bond motifs is 1. The Hall–Kier alpha value is -3.91. The molecular formula is C29H34O17. The van der Waals surface area contributed by atoms with Gasteiger partial charge in [-0.25, -0.2) is 0 Å². The average Bonchev–Trinajstić information content (AvgIpc) is 3.02. The van der Waals surface area contributed by atoms with Crippen LogP contribution in [0.15, 0.2) is 33.5 Å². The minimum absolute atomic E-state index is 0.0207. The lowest BCUT2D eigenvalue weighted by Crippen LogP contribution is -2.61. The number of phenols is 3. The van der Waals surface area contributed by atoms with Gasteiger partial charge in [0, 0.05) is 17.7 Å². The molecule has 252 valence electrons. The van der Waals surface area contributed by atoms with Crippen LogP contribution in [0.1, 0.15) is 6.92 Å². The topological polar surface area (TPSA) is 268 Å². The van der Waals surface area contributed by atoms with E-state index in [0.29, 0.717) is 0 Å². The van der Waals surface area contributed by atoms with Crippen LogP contribution >= 0.6 is 0 Å². The number of hydrogen-bond donors (Lipinski definition) is 9. The zero-order valence-electron chi connectivity index (χ0n) is 24.6. The normalized spacial score (nSPS) is 31.5. The molecule has 0 aliphatic carbocycles. The molecule has 2 aromatic carbocycles. The molecule has 9 N–H and O–H groups in total. The minimum atomic E-state index is -1.97. The van der Waals surface area contributed by atoms with Crippen molar-refractivity contribution >= 4 is 11.0 Å². The highest BCUT2D eigenvalue weighted by Crippen LogP contribution is 2.44. The van der Waals surface area contributed by atoms with Crippen LogP contribution in [0.4, 0.5) is 0 Å². The first-order chi connectivity index (χ1) is 21.8. The van der Waals surface area contributed by atoms with Crippen LogP contribution in [0.5, 0.6) is 34.5 Å². The molecule has 0 amide bonds. The molecule has 5 rings (SSSR count). The number of aromatic hydroxyl groups is 3. The Bertz CT molecular complexity index is 1600. The van der Waals surface area contributed by atoms with E-state index in [0.717, 1.165) is 12.1 Å². The van der Waals surface area contributed by atoms with Crippen LogP contribution in [0.25, 0.3) is 22.3 Å². The summed E-state index contributed by atoms with van der Waals surface area (Å²) in [5.74, 6) is -2.76.